The summed E-state index contributed by atoms with van der Waals surface area (Å²) in [6, 6.07) is 4.46. The topological polar surface area (TPSA) is 61.5 Å². The van der Waals surface area contributed by atoms with Gasteiger partial charge in [-0.05, 0) is 51.3 Å². The molecule has 2 aromatic heterocycles. The van der Waals surface area contributed by atoms with Crippen molar-refractivity contribution in [2.75, 3.05) is 44.3 Å². The number of hydrogen-bond donors (Lipinski definition) is 1. The third kappa shape index (κ3) is 3.29. The van der Waals surface area contributed by atoms with Gasteiger partial charge in [-0.15, -0.1) is 11.3 Å². The maximum absolute atomic E-state index is 12.8. The average molecular weight is 401 g/mol. The second-order valence-corrected chi connectivity index (χ2v) is 9.80. The minimum Gasteiger partial charge on any atom is -0.378 e. The van der Waals surface area contributed by atoms with Crippen LogP contribution in [0, 0.1) is 6.92 Å². The van der Waals surface area contributed by atoms with Crippen LogP contribution in [0.4, 0.5) is 5.95 Å². The van der Waals surface area contributed by atoms with Crippen LogP contribution in [-0.4, -0.2) is 54.3 Å². The van der Waals surface area contributed by atoms with E-state index in [-0.39, 0.29) is 11.0 Å². The third-order valence-electron chi connectivity index (χ3n) is 6.50. The number of ether oxygens (including phenoxy) is 1. The number of aromatic amines is 1. The lowest BCUT2D eigenvalue weighted by atomic mass is 9.77. The van der Waals surface area contributed by atoms with Gasteiger partial charge in [0.05, 0.1) is 18.9 Å². The Morgan fingerprint density at radius 2 is 2.11 bits per heavy atom. The number of nitrogens with zero attached hydrogens (tertiary/aromatic N) is 3. The molecule has 6 nitrogen and oxygen atoms in total. The molecule has 28 heavy (non-hydrogen) atoms. The zero-order valence-corrected chi connectivity index (χ0v) is 17.3. The van der Waals surface area contributed by atoms with Crippen molar-refractivity contribution in [3.8, 4) is 0 Å². The Morgan fingerprint density at radius 1 is 1.25 bits per heavy atom. The van der Waals surface area contributed by atoms with E-state index >= 15 is 0 Å². The zero-order chi connectivity index (χ0) is 19.1. The van der Waals surface area contributed by atoms with Crippen LogP contribution >= 0.6 is 11.3 Å². The summed E-state index contributed by atoms with van der Waals surface area (Å²) in [7, 11) is 0. The lowest BCUT2D eigenvalue weighted by Crippen LogP contribution is -2.45. The van der Waals surface area contributed by atoms with Gasteiger partial charge in [0, 0.05) is 46.9 Å². The zero-order valence-electron chi connectivity index (χ0n) is 16.5. The molecule has 0 saturated carbocycles. The number of fused-ring (bicyclic) bond motifs is 2. The lowest BCUT2D eigenvalue weighted by Gasteiger charge is -2.40. The van der Waals surface area contributed by atoms with Crippen molar-refractivity contribution in [3.05, 3.63) is 43.5 Å². The van der Waals surface area contributed by atoms with Crippen molar-refractivity contribution in [1.29, 1.82) is 0 Å². The van der Waals surface area contributed by atoms with E-state index in [2.05, 4.69) is 33.8 Å². The normalized spacial score (nSPS) is 25.4. The molecule has 0 bridgehead atoms. The Kier molecular flexibility index (Phi) is 4.77. The SMILES string of the molecule is Cc1ccc(CN2CCCC3(CCc4c3nc(N3CCOCC3)[nH]c4=O)C2)s1. The van der Waals surface area contributed by atoms with Crippen molar-refractivity contribution >= 4 is 17.3 Å². The van der Waals surface area contributed by atoms with E-state index in [1.165, 1.54) is 16.2 Å². The van der Waals surface area contributed by atoms with Gasteiger partial charge in [-0.2, -0.15) is 0 Å². The van der Waals surface area contributed by atoms with E-state index in [4.69, 9.17) is 9.72 Å². The molecule has 1 N–H and O–H groups in total. The Balaban J connectivity index is 1.43. The fraction of sp³-hybridized carbons (Fsp3) is 0.619. The summed E-state index contributed by atoms with van der Waals surface area (Å²) in [5.74, 6) is 0.735. The number of aryl methyl sites for hydroxylation is 1. The lowest BCUT2D eigenvalue weighted by molar-refractivity contribution is 0.121. The summed E-state index contributed by atoms with van der Waals surface area (Å²) in [5, 5.41) is 0. The van der Waals surface area contributed by atoms with Gasteiger partial charge in [0.25, 0.3) is 5.56 Å². The molecule has 150 valence electrons. The summed E-state index contributed by atoms with van der Waals surface area (Å²) in [6.45, 7) is 8.29. The maximum atomic E-state index is 12.8. The number of likely N-dealkylation sites (tertiary alicyclic amines) is 1. The molecule has 2 fully saturated rings. The van der Waals surface area contributed by atoms with Gasteiger partial charge in [0.2, 0.25) is 5.95 Å². The van der Waals surface area contributed by atoms with Crippen LogP contribution in [0.25, 0.3) is 0 Å². The predicted molar refractivity (Wildman–Crippen MR) is 111 cm³/mol. The Morgan fingerprint density at radius 3 is 2.89 bits per heavy atom. The van der Waals surface area contributed by atoms with Crippen molar-refractivity contribution in [3.63, 3.8) is 0 Å². The van der Waals surface area contributed by atoms with Crippen LogP contribution in [0.2, 0.25) is 0 Å². The molecule has 7 heteroatoms. The highest BCUT2D eigenvalue weighted by molar-refractivity contribution is 7.11. The first-order chi connectivity index (χ1) is 13.6. The monoisotopic (exact) mass is 400 g/mol. The molecule has 5 rings (SSSR count). The summed E-state index contributed by atoms with van der Waals surface area (Å²) < 4.78 is 5.46. The maximum Gasteiger partial charge on any atom is 0.255 e. The molecular weight excluding hydrogens is 372 g/mol. The van der Waals surface area contributed by atoms with E-state index in [0.29, 0.717) is 13.2 Å². The number of morpholine rings is 1. The molecule has 4 heterocycles. The highest BCUT2D eigenvalue weighted by Gasteiger charge is 2.45. The number of nitrogens with one attached hydrogen (secondary N) is 1. The predicted octanol–water partition coefficient (Wildman–Crippen LogP) is 2.46. The molecule has 0 amide bonds. The summed E-state index contributed by atoms with van der Waals surface area (Å²) in [4.78, 5) is 28.4. The van der Waals surface area contributed by atoms with Crippen LogP contribution in [-0.2, 0) is 23.1 Å². The van der Waals surface area contributed by atoms with E-state index in [9.17, 15) is 4.79 Å². The molecule has 0 aromatic carbocycles. The highest BCUT2D eigenvalue weighted by atomic mass is 32.1. The molecule has 1 atom stereocenters. The van der Waals surface area contributed by atoms with Crippen molar-refractivity contribution in [2.24, 2.45) is 0 Å². The molecule has 2 aromatic rings. The Hall–Kier alpha value is -1.70. The van der Waals surface area contributed by atoms with Gasteiger partial charge in [-0.25, -0.2) is 4.98 Å². The quantitative estimate of drug-likeness (QED) is 0.858. The van der Waals surface area contributed by atoms with E-state index in [0.717, 1.165) is 69.2 Å². The first-order valence-electron chi connectivity index (χ1n) is 10.4. The number of thiophene rings is 1. The van der Waals surface area contributed by atoms with Crippen LogP contribution < -0.4 is 10.5 Å². The summed E-state index contributed by atoms with van der Waals surface area (Å²) >= 11 is 1.89. The molecule has 1 aliphatic carbocycles. The molecule has 3 aliphatic rings. The number of H-pyrrole nitrogens is 1. The number of aromatic nitrogens is 2. The Labute approximate surface area is 169 Å². The number of rotatable bonds is 3. The van der Waals surface area contributed by atoms with E-state index < -0.39 is 0 Å². The van der Waals surface area contributed by atoms with Crippen LogP contribution in [0.3, 0.4) is 0 Å². The number of hydrogen-bond acceptors (Lipinski definition) is 6. The summed E-state index contributed by atoms with van der Waals surface area (Å²) in [5.41, 5.74) is 2.10. The average Bonchev–Trinajstić information content (AvgIpc) is 3.27. The van der Waals surface area contributed by atoms with Crippen molar-refractivity contribution in [2.45, 2.75) is 44.6 Å². The van der Waals surface area contributed by atoms with E-state index in [1.54, 1.807) is 0 Å². The van der Waals surface area contributed by atoms with Crippen LogP contribution in [0.15, 0.2) is 16.9 Å². The molecule has 2 saturated heterocycles. The second-order valence-electron chi connectivity index (χ2n) is 8.42. The van der Waals surface area contributed by atoms with E-state index in [1.807, 2.05) is 11.3 Å². The van der Waals surface area contributed by atoms with Crippen LogP contribution in [0.1, 0.15) is 40.3 Å². The van der Waals surface area contributed by atoms with Gasteiger partial charge < -0.3 is 9.64 Å². The minimum absolute atomic E-state index is 0.0369. The number of anilines is 1. The molecular formula is C21H28N4O2S. The fourth-order valence-corrected chi connectivity index (χ4v) is 6.05. The van der Waals surface area contributed by atoms with Crippen molar-refractivity contribution < 1.29 is 4.74 Å². The van der Waals surface area contributed by atoms with Gasteiger partial charge in [0.15, 0.2) is 0 Å². The molecule has 1 spiro atoms. The van der Waals surface area contributed by atoms with Gasteiger partial charge in [-0.1, -0.05) is 0 Å². The van der Waals surface area contributed by atoms with Gasteiger partial charge in [-0.3, -0.25) is 14.7 Å². The minimum atomic E-state index is 0.0369. The van der Waals surface area contributed by atoms with Crippen molar-refractivity contribution in [1.82, 2.24) is 14.9 Å². The van der Waals surface area contributed by atoms with Gasteiger partial charge in [0.1, 0.15) is 0 Å². The summed E-state index contributed by atoms with van der Waals surface area (Å²) in [6.07, 6.45) is 4.21. The molecule has 1 unspecified atom stereocenters. The first-order valence-corrected chi connectivity index (χ1v) is 11.2. The smallest absolute Gasteiger partial charge is 0.255 e. The number of piperidine rings is 1. The van der Waals surface area contributed by atoms with Gasteiger partial charge >= 0.3 is 0 Å². The molecule has 2 aliphatic heterocycles. The first kappa shape index (κ1) is 18.3. The molecule has 0 radical (unpaired) electrons. The van der Waals surface area contributed by atoms with Crippen LogP contribution in [0.5, 0.6) is 0 Å². The standard InChI is InChI=1S/C21H28N4O2S/c1-15-3-4-16(28-15)13-24-8-2-6-21(14-24)7-5-17-18(21)22-20(23-19(17)26)25-9-11-27-12-10-25/h3-4H,2,5-14H2,1H3,(H,22,23,26). The largest absolute Gasteiger partial charge is 0.378 e. The highest BCUT2D eigenvalue weighted by Crippen LogP contribution is 2.43. The Bertz CT molecular complexity index is 917. The fourth-order valence-electron chi connectivity index (χ4n) is 5.11. The third-order valence-corrected chi connectivity index (χ3v) is 7.49. The second kappa shape index (κ2) is 7.28.